The van der Waals surface area contributed by atoms with Gasteiger partial charge >= 0.3 is 0 Å². The molecule has 0 aliphatic rings. The Morgan fingerprint density at radius 2 is 2.21 bits per heavy atom. The van der Waals surface area contributed by atoms with Gasteiger partial charge < -0.3 is 4.74 Å². The summed E-state index contributed by atoms with van der Waals surface area (Å²) in [6.45, 7) is 0.485. The summed E-state index contributed by atoms with van der Waals surface area (Å²) < 4.78 is 5.51. The Kier molecular flexibility index (Phi) is 6.72. The van der Waals surface area contributed by atoms with Crippen molar-refractivity contribution < 1.29 is 9.53 Å². The van der Waals surface area contributed by atoms with Gasteiger partial charge in [0.25, 0.3) is 0 Å². The van der Waals surface area contributed by atoms with Crippen LogP contribution in [0.15, 0.2) is 18.2 Å². The quantitative estimate of drug-likeness (QED) is 0.347. The Hall–Kier alpha value is -1.77. The van der Waals surface area contributed by atoms with Gasteiger partial charge in [-0.15, -0.1) is 0 Å². The first-order valence-corrected chi connectivity index (χ1v) is 6.37. The number of unbranched alkanes of at least 4 members (excludes halogenated alkanes) is 2. The van der Waals surface area contributed by atoms with E-state index in [4.69, 9.17) is 27.4 Å². The standard InChI is InChI=1S/C13H16ClN3O2/c14-11-5-4-6-12(10(11)9-15)19-8-3-1-2-7-13(18)17-16/h4-6H,1-3,7-8,16H2,(H,17,18). The normalized spacial score (nSPS) is 9.74. The highest BCUT2D eigenvalue weighted by Crippen LogP contribution is 2.25. The van der Waals surface area contributed by atoms with Gasteiger partial charge in [0, 0.05) is 6.42 Å². The average molecular weight is 282 g/mol. The Balaban J connectivity index is 2.29. The molecule has 0 saturated carbocycles. The molecular weight excluding hydrogens is 266 g/mol. The van der Waals surface area contributed by atoms with E-state index in [1.165, 1.54) is 0 Å². The molecule has 0 unspecified atom stereocenters. The molecule has 1 amide bonds. The van der Waals surface area contributed by atoms with Crippen molar-refractivity contribution in [3.8, 4) is 11.8 Å². The molecule has 0 aliphatic carbocycles. The first kappa shape index (κ1) is 15.3. The van der Waals surface area contributed by atoms with E-state index >= 15 is 0 Å². The first-order chi connectivity index (χ1) is 9.19. The highest BCUT2D eigenvalue weighted by molar-refractivity contribution is 6.31. The topological polar surface area (TPSA) is 88.1 Å². The summed E-state index contributed by atoms with van der Waals surface area (Å²) in [4.78, 5) is 10.9. The number of nitrogens with zero attached hydrogens (tertiary/aromatic N) is 1. The highest BCUT2D eigenvalue weighted by Gasteiger charge is 2.07. The van der Waals surface area contributed by atoms with E-state index in [-0.39, 0.29) is 5.91 Å². The lowest BCUT2D eigenvalue weighted by Crippen LogP contribution is -2.29. The van der Waals surface area contributed by atoms with Gasteiger partial charge in [0.1, 0.15) is 17.4 Å². The number of benzene rings is 1. The fourth-order valence-corrected chi connectivity index (χ4v) is 1.76. The van der Waals surface area contributed by atoms with Crippen molar-refractivity contribution in [1.29, 1.82) is 5.26 Å². The molecule has 6 heteroatoms. The van der Waals surface area contributed by atoms with Crippen LogP contribution in [0.1, 0.15) is 31.2 Å². The van der Waals surface area contributed by atoms with E-state index in [9.17, 15) is 4.79 Å². The van der Waals surface area contributed by atoms with Gasteiger partial charge in [-0.05, 0) is 31.4 Å². The number of halogens is 1. The number of hydrogen-bond donors (Lipinski definition) is 2. The van der Waals surface area contributed by atoms with Crippen LogP contribution in [0.5, 0.6) is 5.75 Å². The Morgan fingerprint density at radius 3 is 2.89 bits per heavy atom. The SMILES string of the molecule is N#Cc1c(Cl)cccc1OCCCCCC(=O)NN. The average Bonchev–Trinajstić information content (AvgIpc) is 2.42. The number of nitriles is 1. The Bertz CT molecular complexity index is 471. The van der Waals surface area contributed by atoms with Crippen LogP contribution >= 0.6 is 11.6 Å². The number of amides is 1. The third-order valence-corrected chi connectivity index (χ3v) is 2.87. The minimum atomic E-state index is -0.164. The molecule has 0 radical (unpaired) electrons. The second-order valence-electron chi connectivity index (χ2n) is 3.95. The predicted molar refractivity (Wildman–Crippen MR) is 72.5 cm³/mol. The molecule has 0 spiro atoms. The van der Waals surface area contributed by atoms with Gasteiger partial charge in [0.05, 0.1) is 11.6 Å². The maximum atomic E-state index is 10.9. The van der Waals surface area contributed by atoms with Gasteiger partial charge in [0.15, 0.2) is 0 Å². The number of hydrazine groups is 1. The van der Waals surface area contributed by atoms with Crippen LogP contribution in [0.4, 0.5) is 0 Å². The third kappa shape index (κ3) is 5.16. The molecule has 1 aromatic carbocycles. The molecular formula is C13H16ClN3O2. The smallest absolute Gasteiger partial charge is 0.233 e. The monoisotopic (exact) mass is 281 g/mol. The van der Waals surface area contributed by atoms with Gasteiger partial charge in [-0.2, -0.15) is 5.26 Å². The van der Waals surface area contributed by atoms with Crippen molar-refractivity contribution in [3.63, 3.8) is 0 Å². The number of carbonyl (C=O) groups excluding carboxylic acids is 1. The maximum Gasteiger partial charge on any atom is 0.233 e. The number of nitrogens with two attached hydrogens (primary N) is 1. The van der Waals surface area contributed by atoms with Crippen molar-refractivity contribution in [3.05, 3.63) is 28.8 Å². The summed E-state index contributed by atoms with van der Waals surface area (Å²) in [7, 11) is 0. The maximum absolute atomic E-state index is 10.9. The summed E-state index contributed by atoms with van der Waals surface area (Å²) in [6, 6.07) is 7.12. The third-order valence-electron chi connectivity index (χ3n) is 2.55. The summed E-state index contributed by atoms with van der Waals surface area (Å²) >= 11 is 5.88. The van der Waals surface area contributed by atoms with Crippen LogP contribution in [0.3, 0.4) is 0 Å². The fraction of sp³-hybridized carbons (Fsp3) is 0.385. The van der Waals surface area contributed by atoms with Crippen molar-refractivity contribution in [2.75, 3.05) is 6.61 Å². The van der Waals surface area contributed by atoms with Crippen LogP contribution in [0.25, 0.3) is 0 Å². The largest absolute Gasteiger partial charge is 0.492 e. The van der Waals surface area contributed by atoms with Crippen LogP contribution in [-0.2, 0) is 4.79 Å². The number of rotatable bonds is 7. The zero-order valence-corrected chi connectivity index (χ0v) is 11.2. The van der Waals surface area contributed by atoms with Crippen LogP contribution in [0.2, 0.25) is 5.02 Å². The molecule has 5 nitrogen and oxygen atoms in total. The van der Waals surface area contributed by atoms with E-state index in [1.54, 1.807) is 18.2 Å². The van der Waals surface area contributed by atoms with Gasteiger partial charge in [-0.3, -0.25) is 10.2 Å². The van der Waals surface area contributed by atoms with Crippen molar-refractivity contribution in [1.82, 2.24) is 5.43 Å². The molecule has 102 valence electrons. The van der Waals surface area contributed by atoms with Crippen LogP contribution in [0, 0.1) is 11.3 Å². The molecule has 0 saturated heterocycles. The van der Waals surface area contributed by atoms with Crippen LogP contribution < -0.4 is 16.0 Å². The molecule has 0 atom stereocenters. The van der Waals surface area contributed by atoms with Crippen molar-refractivity contribution >= 4 is 17.5 Å². The molecule has 0 heterocycles. The highest BCUT2D eigenvalue weighted by atomic mass is 35.5. The summed E-state index contributed by atoms with van der Waals surface area (Å²) in [5, 5.41) is 9.35. The molecule has 0 fully saturated rings. The van der Waals surface area contributed by atoms with E-state index in [2.05, 4.69) is 5.43 Å². The summed E-state index contributed by atoms with van der Waals surface area (Å²) in [5.41, 5.74) is 2.44. The Morgan fingerprint density at radius 1 is 1.42 bits per heavy atom. The van der Waals surface area contributed by atoms with E-state index < -0.39 is 0 Å². The minimum absolute atomic E-state index is 0.164. The van der Waals surface area contributed by atoms with Gasteiger partial charge in [-0.25, -0.2) is 5.84 Å². The summed E-state index contributed by atoms with van der Waals surface area (Å²) in [5.74, 6) is 5.30. The van der Waals surface area contributed by atoms with Crippen molar-refractivity contribution in [2.45, 2.75) is 25.7 Å². The first-order valence-electron chi connectivity index (χ1n) is 6.00. The zero-order chi connectivity index (χ0) is 14.1. The molecule has 0 bridgehead atoms. The number of ether oxygens (including phenoxy) is 1. The lowest BCUT2D eigenvalue weighted by atomic mass is 10.2. The second kappa shape index (κ2) is 8.35. The van der Waals surface area contributed by atoms with E-state index in [0.29, 0.717) is 29.4 Å². The lowest BCUT2D eigenvalue weighted by Gasteiger charge is -2.08. The molecule has 0 aromatic heterocycles. The summed E-state index contributed by atoms with van der Waals surface area (Å²) in [6.07, 6.45) is 2.83. The second-order valence-corrected chi connectivity index (χ2v) is 4.36. The van der Waals surface area contributed by atoms with E-state index in [1.807, 2.05) is 6.07 Å². The number of carbonyl (C=O) groups is 1. The molecule has 1 rings (SSSR count). The zero-order valence-electron chi connectivity index (χ0n) is 10.5. The van der Waals surface area contributed by atoms with Gasteiger partial charge in [-0.1, -0.05) is 17.7 Å². The number of hydrogen-bond acceptors (Lipinski definition) is 4. The number of nitrogens with one attached hydrogen (secondary N) is 1. The fourth-order valence-electron chi connectivity index (χ4n) is 1.55. The van der Waals surface area contributed by atoms with Crippen LogP contribution in [-0.4, -0.2) is 12.5 Å². The van der Waals surface area contributed by atoms with Gasteiger partial charge in [0.2, 0.25) is 5.91 Å². The minimum Gasteiger partial charge on any atom is -0.492 e. The predicted octanol–water partition coefficient (Wildman–Crippen LogP) is 2.14. The molecule has 3 N–H and O–H groups in total. The molecule has 19 heavy (non-hydrogen) atoms. The van der Waals surface area contributed by atoms with Crippen molar-refractivity contribution in [2.24, 2.45) is 5.84 Å². The molecule has 1 aromatic rings. The lowest BCUT2D eigenvalue weighted by molar-refractivity contribution is -0.121. The Labute approximate surface area is 117 Å². The van der Waals surface area contributed by atoms with E-state index in [0.717, 1.165) is 19.3 Å². The molecule has 0 aliphatic heterocycles.